The first kappa shape index (κ1) is 18.5. The van der Waals surface area contributed by atoms with Gasteiger partial charge in [0.05, 0.1) is 16.3 Å². The van der Waals surface area contributed by atoms with E-state index in [0.29, 0.717) is 17.1 Å². The minimum atomic E-state index is -0.841. The molecule has 0 aliphatic carbocycles. The topological polar surface area (TPSA) is 112 Å². The molecule has 2 aromatic carbocycles. The molecule has 132 valence electrons. The molecule has 0 aliphatic heterocycles. The number of nitro benzene ring substituents is 1. The van der Waals surface area contributed by atoms with Gasteiger partial charge in [-0.05, 0) is 56.7 Å². The van der Waals surface area contributed by atoms with Crippen molar-refractivity contribution in [1.82, 2.24) is 0 Å². The highest BCUT2D eigenvalue weighted by molar-refractivity contribution is 5.58. The predicted octanol–water partition coefficient (Wildman–Crippen LogP) is 3.80. The van der Waals surface area contributed by atoms with Gasteiger partial charge in [0, 0.05) is 17.8 Å². The maximum Gasteiger partial charge on any atom is 0.269 e. The maximum absolute atomic E-state index is 10.6. The second-order valence-electron chi connectivity index (χ2n) is 5.62. The van der Waals surface area contributed by atoms with Gasteiger partial charge < -0.3 is 15.1 Å². The van der Waals surface area contributed by atoms with Crippen LogP contribution in [0, 0.1) is 17.0 Å². The largest absolute Gasteiger partial charge is 0.374 e. The van der Waals surface area contributed by atoms with Gasteiger partial charge in [0.25, 0.3) is 5.69 Å². The van der Waals surface area contributed by atoms with E-state index in [1.165, 1.54) is 29.2 Å². The molecule has 0 amide bonds. The Morgan fingerprint density at radius 1 is 1.04 bits per heavy atom. The molecule has 0 aromatic heterocycles. The summed E-state index contributed by atoms with van der Waals surface area (Å²) in [4.78, 5) is 11.6. The average Bonchev–Trinajstić information content (AvgIpc) is 2.53. The van der Waals surface area contributed by atoms with Crippen molar-refractivity contribution < 1.29 is 15.1 Å². The summed E-state index contributed by atoms with van der Waals surface area (Å²) in [6.45, 7) is 4.99. The summed E-state index contributed by atoms with van der Waals surface area (Å²) in [7, 11) is 0. The maximum atomic E-state index is 10.6. The Kier molecular flexibility index (Phi) is 5.79. The van der Waals surface area contributed by atoms with Crippen LogP contribution in [-0.2, 0) is 0 Å². The van der Waals surface area contributed by atoms with Crippen LogP contribution >= 0.6 is 0 Å². The Bertz CT molecular complexity index is 765. The number of hydrogen-bond acceptors (Lipinski definition) is 7. The van der Waals surface area contributed by atoms with E-state index in [1.807, 2.05) is 6.92 Å². The SMILES string of the molecule is Cc1cc(N(C(C)O)C(C)O)ccc1N=Nc1ccc([N+](=O)[O-])cc1. The molecule has 2 N–H and O–H groups in total. The van der Waals surface area contributed by atoms with Gasteiger partial charge in [0.15, 0.2) is 0 Å². The van der Waals surface area contributed by atoms with Crippen LogP contribution < -0.4 is 4.90 Å². The third kappa shape index (κ3) is 4.59. The molecule has 0 aliphatic rings. The zero-order valence-corrected chi connectivity index (χ0v) is 14.2. The molecule has 0 fully saturated rings. The van der Waals surface area contributed by atoms with Crippen LogP contribution in [0.2, 0.25) is 0 Å². The smallest absolute Gasteiger partial charge is 0.269 e. The van der Waals surface area contributed by atoms with Gasteiger partial charge in [0.2, 0.25) is 0 Å². The highest BCUT2D eigenvalue weighted by Gasteiger charge is 2.17. The van der Waals surface area contributed by atoms with Gasteiger partial charge in [-0.25, -0.2) is 0 Å². The van der Waals surface area contributed by atoms with Crippen molar-refractivity contribution in [2.45, 2.75) is 33.2 Å². The molecule has 2 unspecified atom stereocenters. The van der Waals surface area contributed by atoms with E-state index < -0.39 is 17.4 Å². The lowest BCUT2D eigenvalue weighted by Crippen LogP contribution is -2.40. The zero-order valence-electron chi connectivity index (χ0n) is 14.2. The molecule has 0 spiro atoms. The summed E-state index contributed by atoms with van der Waals surface area (Å²) < 4.78 is 0. The summed E-state index contributed by atoms with van der Waals surface area (Å²) in [6.07, 6.45) is -1.68. The minimum Gasteiger partial charge on any atom is -0.374 e. The lowest BCUT2D eigenvalue weighted by Gasteiger charge is -2.30. The first-order valence-electron chi connectivity index (χ1n) is 7.71. The Balaban J connectivity index is 2.21. The molecule has 0 radical (unpaired) electrons. The molecular formula is C17H20N4O4. The van der Waals surface area contributed by atoms with E-state index in [0.717, 1.165) is 5.56 Å². The fraction of sp³-hybridized carbons (Fsp3) is 0.294. The second-order valence-corrected chi connectivity index (χ2v) is 5.62. The summed E-state index contributed by atoms with van der Waals surface area (Å²) in [5, 5.41) is 38.4. The van der Waals surface area contributed by atoms with Crippen LogP contribution in [0.4, 0.5) is 22.7 Å². The van der Waals surface area contributed by atoms with Crippen molar-refractivity contribution in [3.8, 4) is 0 Å². The van der Waals surface area contributed by atoms with Crippen LogP contribution in [-0.4, -0.2) is 27.6 Å². The number of nitrogens with zero attached hydrogens (tertiary/aromatic N) is 4. The van der Waals surface area contributed by atoms with Crippen molar-refractivity contribution >= 4 is 22.7 Å². The molecule has 2 atom stereocenters. The summed E-state index contributed by atoms with van der Waals surface area (Å²) in [6, 6.07) is 11.0. The highest BCUT2D eigenvalue weighted by atomic mass is 16.6. The van der Waals surface area contributed by atoms with E-state index in [9.17, 15) is 20.3 Å². The van der Waals surface area contributed by atoms with Crippen LogP contribution in [0.5, 0.6) is 0 Å². The second kappa shape index (κ2) is 7.82. The lowest BCUT2D eigenvalue weighted by atomic mass is 10.1. The monoisotopic (exact) mass is 344 g/mol. The van der Waals surface area contributed by atoms with Gasteiger partial charge in [-0.3, -0.25) is 10.1 Å². The average molecular weight is 344 g/mol. The van der Waals surface area contributed by atoms with Gasteiger partial charge in [-0.15, -0.1) is 0 Å². The Hall–Kier alpha value is -2.84. The highest BCUT2D eigenvalue weighted by Crippen LogP contribution is 2.28. The van der Waals surface area contributed by atoms with Crippen molar-refractivity contribution in [2.75, 3.05) is 4.90 Å². The van der Waals surface area contributed by atoms with Crippen molar-refractivity contribution in [1.29, 1.82) is 0 Å². The van der Waals surface area contributed by atoms with E-state index in [1.54, 1.807) is 32.0 Å². The van der Waals surface area contributed by atoms with E-state index in [-0.39, 0.29) is 5.69 Å². The van der Waals surface area contributed by atoms with Crippen LogP contribution in [0.3, 0.4) is 0 Å². The molecule has 0 saturated carbocycles. The van der Waals surface area contributed by atoms with Gasteiger partial charge in [-0.1, -0.05) is 0 Å². The molecule has 0 bridgehead atoms. The molecular weight excluding hydrogens is 324 g/mol. The predicted molar refractivity (Wildman–Crippen MR) is 94.3 cm³/mol. The number of anilines is 1. The molecule has 25 heavy (non-hydrogen) atoms. The van der Waals surface area contributed by atoms with Crippen molar-refractivity contribution in [2.24, 2.45) is 10.2 Å². The van der Waals surface area contributed by atoms with Gasteiger partial charge in [0.1, 0.15) is 12.5 Å². The lowest BCUT2D eigenvalue weighted by molar-refractivity contribution is -0.384. The fourth-order valence-electron chi connectivity index (χ4n) is 2.41. The van der Waals surface area contributed by atoms with Crippen LogP contribution in [0.25, 0.3) is 0 Å². The fourth-order valence-corrected chi connectivity index (χ4v) is 2.41. The number of aliphatic hydroxyl groups excluding tert-OH is 2. The molecule has 8 nitrogen and oxygen atoms in total. The zero-order chi connectivity index (χ0) is 18.6. The number of azo groups is 1. The first-order valence-corrected chi connectivity index (χ1v) is 7.71. The Labute approximate surface area is 145 Å². The number of aryl methyl sites for hydroxylation is 1. The van der Waals surface area contributed by atoms with Crippen LogP contribution in [0.15, 0.2) is 52.7 Å². The number of non-ortho nitro benzene ring substituents is 1. The first-order chi connectivity index (χ1) is 11.8. The summed E-state index contributed by atoms with van der Waals surface area (Å²) in [5.74, 6) is 0. The molecule has 0 heterocycles. The molecule has 0 saturated heterocycles. The van der Waals surface area contributed by atoms with Gasteiger partial charge >= 0.3 is 0 Å². The summed E-state index contributed by atoms with van der Waals surface area (Å²) in [5.41, 5.74) is 2.60. The quantitative estimate of drug-likeness (QED) is 0.358. The standard InChI is InChI=1S/C17H20N4O4/c1-11-10-16(20(12(2)22)13(3)23)8-9-17(11)19-18-14-4-6-15(7-5-14)21(24)25/h4-10,12-13,22-23H,1-3H3. The Morgan fingerprint density at radius 3 is 2.12 bits per heavy atom. The third-order valence-corrected chi connectivity index (χ3v) is 3.62. The summed E-state index contributed by atoms with van der Waals surface area (Å²) >= 11 is 0. The molecule has 8 heteroatoms. The van der Waals surface area contributed by atoms with Crippen molar-refractivity contribution in [3.05, 3.63) is 58.1 Å². The van der Waals surface area contributed by atoms with Crippen molar-refractivity contribution in [3.63, 3.8) is 0 Å². The molecule has 2 rings (SSSR count). The van der Waals surface area contributed by atoms with E-state index in [2.05, 4.69) is 10.2 Å². The normalized spacial score (nSPS) is 13.6. The third-order valence-electron chi connectivity index (χ3n) is 3.62. The minimum absolute atomic E-state index is 0.00387. The number of aliphatic hydroxyl groups is 2. The Morgan fingerprint density at radius 2 is 1.64 bits per heavy atom. The van der Waals surface area contributed by atoms with Gasteiger partial charge in [-0.2, -0.15) is 10.2 Å². The number of rotatable bonds is 6. The van der Waals surface area contributed by atoms with E-state index in [4.69, 9.17) is 0 Å². The number of hydrogen-bond donors (Lipinski definition) is 2. The number of nitro groups is 1. The van der Waals surface area contributed by atoms with E-state index >= 15 is 0 Å². The number of benzene rings is 2. The molecule has 2 aromatic rings. The van der Waals surface area contributed by atoms with Crippen LogP contribution in [0.1, 0.15) is 19.4 Å².